The van der Waals surface area contributed by atoms with E-state index in [1.54, 1.807) is 30.3 Å². The number of thiocarbonyl (C=S) groups is 1. The Labute approximate surface area is 165 Å². The molecule has 0 aromatic heterocycles. The highest BCUT2D eigenvalue weighted by atomic mass is 35.5. The second-order valence-corrected chi connectivity index (χ2v) is 9.69. The quantitative estimate of drug-likeness (QED) is 0.583. The van der Waals surface area contributed by atoms with Crippen molar-refractivity contribution in [2.45, 2.75) is 6.04 Å². The molecule has 2 heterocycles. The van der Waals surface area contributed by atoms with E-state index in [0.29, 0.717) is 9.93 Å². The highest BCUT2D eigenvalue weighted by Gasteiger charge is 2.34. The number of hydrogen-bond acceptors (Lipinski definition) is 6. The van der Waals surface area contributed by atoms with E-state index in [1.807, 2.05) is 0 Å². The Morgan fingerprint density at radius 2 is 2.08 bits per heavy atom. The average Bonchev–Trinajstić information content (AvgIpc) is 3.03. The monoisotopic (exact) mass is 428 g/mol. The van der Waals surface area contributed by atoms with Gasteiger partial charge in [-0.2, -0.15) is 0 Å². The van der Waals surface area contributed by atoms with Crippen LogP contribution < -0.4 is 5.32 Å². The lowest BCUT2D eigenvalue weighted by Crippen LogP contribution is -2.43. The number of benzene rings is 1. The first-order valence-electron chi connectivity index (χ1n) is 7.45. The Kier molecular flexibility index (Phi) is 5.52. The summed E-state index contributed by atoms with van der Waals surface area (Å²) < 4.78 is 23.0. The fraction of sp³-hybridized carbons (Fsp3) is 0.188. The summed E-state index contributed by atoms with van der Waals surface area (Å²) in [5, 5.41) is 4.24. The van der Waals surface area contributed by atoms with Gasteiger partial charge in [0.15, 0.2) is 9.84 Å². The lowest BCUT2D eigenvalue weighted by atomic mass is 10.2. The van der Waals surface area contributed by atoms with Crippen LogP contribution in [0.3, 0.4) is 0 Å². The minimum atomic E-state index is -3.26. The first-order valence-corrected chi connectivity index (χ1v) is 10.8. The van der Waals surface area contributed by atoms with Gasteiger partial charge in [0.2, 0.25) is 5.91 Å². The van der Waals surface area contributed by atoms with Crippen molar-refractivity contribution in [2.75, 3.05) is 12.3 Å². The first kappa shape index (κ1) is 19.1. The van der Waals surface area contributed by atoms with Gasteiger partial charge < -0.3 is 5.32 Å². The van der Waals surface area contributed by atoms with Crippen LogP contribution in [0.1, 0.15) is 5.56 Å². The molecule has 1 aromatic carbocycles. The number of thioether (sulfide) groups is 1. The van der Waals surface area contributed by atoms with Crippen LogP contribution in [0.2, 0.25) is 5.02 Å². The summed E-state index contributed by atoms with van der Waals surface area (Å²) in [5.41, 5.74) is 0.792. The molecule has 0 saturated carbocycles. The number of amides is 2. The third-order valence-corrected chi connectivity index (χ3v) is 6.64. The van der Waals surface area contributed by atoms with Gasteiger partial charge >= 0.3 is 0 Å². The van der Waals surface area contributed by atoms with Gasteiger partial charge in [0.1, 0.15) is 10.9 Å². The van der Waals surface area contributed by atoms with Gasteiger partial charge in [0.25, 0.3) is 5.91 Å². The van der Waals surface area contributed by atoms with E-state index in [9.17, 15) is 18.0 Å². The van der Waals surface area contributed by atoms with Crippen molar-refractivity contribution in [3.05, 3.63) is 51.2 Å². The number of hydrogen-bond donors (Lipinski definition) is 1. The van der Waals surface area contributed by atoms with Crippen molar-refractivity contribution in [3.63, 3.8) is 0 Å². The molecular formula is C16H13ClN2O4S3. The molecule has 1 atom stereocenters. The summed E-state index contributed by atoms with van der Waals surface area (Å²) in [6, 6.07) is 6.38. The molecule has 0 radical (unpaired) electrons. The molecule has 136 valence electrons. The number of nitrogens with zero attached hydrogens (tertiary/aromatic N) is 1. The number of carbonyl (C=O) groups excluding carboxylic acids is 2. The zero-order valence-electron chi connectivity index (χ0n) is 13.2. The van der Waals surface area contributed by atoms with Crippen molar-refractivity contribution in [2.24, 2.45) is 0 Å². The Morgan fingerprint density at radius 1 is 1.38 bits per heavy atom. The van der Waals surface area contributed by atoms with Crippen LogP contribution in [-0.2, 0) is 19.4 Å². The fourth-order valence-corrected chi connectivity index (χ4v) is 5.02. The summed E-state index contributed by atoms with van der Waals surface area (Å²) in [6.45, 7) is -0.257. The molecule has 1 aromatic rings. The maximum absolute atomic E-state index is 12.5. The highest BCUT2D eigenvalue weighted by molar-refractivity contribution is 8.26. The van der Waals surface area contributed by atoms with E-state index in [0.717, 1.165) is 22.7 Å². The molecule has 2 amide bonds. The predicted molar refractivity (Wildman–Crippen MR) is 106 cm³/mol. The summed E-state index contributed by atoms with van der Waals surface area (Å²) in [7, 11) is -3.26. The number of rotatable bonds is 4. The van der Waals surface area contributed by atoms with Crippen LogP contribution in [0.5, 0.6) is 0 Å². The molecule has 0 unspecified atom stereocenters. The van der Waals surface area contributed by atoms with E-state index in [1.165, 1.54) is 11.0 Å². The summed E-state index contributed by atoms with van der Waals surface area (Å²) in [6.07, 6.45) is 3.10. The molecule has 26 heavy (non-hydrogen) atoms. The van der Waals surface area contributed by atoms with Gasteiger partial charge in [-0.1, -0.05) is 47.7 Å². The third kappa shape index (κ3) is 4.53. The molecule has 3 rings (SSSR count). The van der Waals surface area contributed by atoms with E-state index < -0.39 is 21.8 Å². The molecular weight excluding hydrogens is 416 g/mol. The zero-order valence-corrected chi connectivity index (χ0v) is 16.4. The van der Waals surface area contributed by atoms with Crippen molar-refractivity contribution in [1.82, 2.24) is 10.2 Å². The van der Waals surface area contributed by atoms with Crippen molar-refractivity contribution in [3.8, 4) is 0 Å². The lowest BCUT2D eigenvalue weighted by Gasteiger charge is -2.16. The Bertz CT molecular complexity index is 939. The molecule has 1 saturated heterocycles. The minimum Gasteiger partial charge on any atom is -0.347 e. The molecule has 2 aliphatic rings. The number of sulfone groups is 1. The third-order valence-electron chi connectivity index (χ3n) is 3.62. The van der Waals surface area contributed by atoms with Crippen LogP contribution in [0.25, 0.3) is 6.08 Å². The molecule has 6 nitrogen and oxygen atoms in total. The number of nitrogens with one attached hydrogen (secondary N) is 1. The lowest BCUT2D eigenvalue weighted by molar-refractivity contribution is -0.128. The molecule has 2 aliphatic heterocycles. The molecule has 0 aliphatic carbocycles. The van der Waals surface area contributed by atoms with Gasteiger partial charge in [-0.15, -0.1) is 0 Å². The summed E-state index contributed by atoms with van der Waals surface area (Å²) in [4.78, 5) is 26.2. The second-order valence-electron chi connectivity index (χ2n) is 5.65. The minimum absolute atomic E-state index is 0.173. The smallest absolute Gasteiger partial charge is 0.266 e. The maximum atomic E-state index is 12.5. The average molecular weight is 429 g/mol. The molecule has 1 fully saturated rings. The van der Waals surface area contributed by atoms with Crippen LogP contribution in [0, 0.1) is 0 Å². The van der Waals surface area contributed by atoms with Crippen molar-refractivity contribution < 1.29 is 18.0 Å². The molecule has 0 spiro atoms. The SMILES string of the molecule is O=C(CN1C(=O)/C(=C/c2ccc(Cl)cc2)SC1=S)N[C@H]1C=CS(=O)(=O)C1. The van der Waals surface area contributed by atoms with Crippen molar-refractivity contribution in [1.29, 1.82) is 0 Å². The number of carbonyl (C=O) groups is 2. The first-order chi connectivity index (χ1) is 12.2. The molecule has 1 N–H and O–H groups in total. The molecule has 0 bridgehead atoms. The van der Waals surface area contributed by atoms with Crippen LogP contribution in [-0.4, -0.2) is 47.8 Å². The van der Waals surface area contributed by atoms with Crippen LogP contribution >= 0.6 is 35.6 Å². The van der Waals surface area contributed by atoms with Gasteiger partial charge in [-0.3, -0.25) is 14.5 Å². The van der Waals surface area contributed by atoms with E-state index in [2.05, 4.69) is 5.32 Å². The Balaban J connectivity index is 1.64. The standard InChI is InChI=1S/C16H13ClN2O4S3/c17-11-3-1-10(2-4-11)7-13-15(21)19(16(24)25-13)8-14(20)18-12-5-6-26(22,23)9-12/h1-7,12H,8-9H2,(H,18,20)/b13-7-/t12-/m0/s1. The highest BCUT2D eigenvalue weighted by Crippen LogP contribution is 2.32. The van der Waals surface area contributed by atoms with Gasteiger partial charge in [-0.05, 0) is 29.8 Å². The summed E-state index contributed by atoms with van der Waals surface area (Å²) in [5.74, 6) is -1.01. The maximum Gasteiger partial charge on any atom is 0.266 e. The van der Waals surface area contributed by atoms with Crippen molar-refractivity contribution >= 4 is 67.6 Å². The second kappa shape index (κ2) is 7.51. The number of halogens is 1. The fourth-order valence-electron chi connectivity index (χ4n) is 2.41. The summed E-state index contributed by atoms with van der Waals surface area (Å²) >= 11 is 12.1. The largest absolute Gasteiger partial charge is 0.347 e. The van der Waals surface area contributed by atoms with Gasteiger partial charge in [0.05, 0.1) is 16.7 Å². The predicted octanol–water partition coefficient (Wildman–Crippen LogP) is 1.97. The van der Waals surface area contributed by atoms with E-state index >= 15 is 0 Å². The van der Waals surface area contributed by atoms with Gasteiger partial charge in [-0.25, -0.2) is 8.42 Å². The van der Waals surface area contributed by atoms with Gasteiger partial charge in [0, 0.05) is 10.4 Å². The van der Waals surface area contributed by atoms with E-state index in [-0.39, 0.29) is 22.5 Å². The van der Waals surface area contributed by atoms with Crippen LogP contribution in [0.4, 0.5) is 0 Å². The normalized spacial score (nSPS) is 23.0. The molecule has 10 heteroatoms. The van der Waals surface area contributed by atoms with Crippen LogP contribution in [0.15, 0.2) is 40.7 Å². The van der Waals surface area contributed by atoms with E-state index in [4.69, 9.17) is 23.8 Å². The Hall–Kier alpha value is -1.68. The Morgan fingerprint density at radius 3 is 2.69 bits per heavy atom. The zero-order chi connectivity index (χ0) is 18.9. The topological polar surface area (TPSA) is 83.6 Å².